The molecule has 0 bridgehead atoms. The molecule has 1 aliphatic carbocycles. The summed E-state index contributed by atoms with van der Waals surface area (Å²) in [6, 6.07) is 3.47. The molecule has 102 valence electrons. The minimum absolute atomic E-state index is 0.0261. The molecule has 5 N–H and O–H groups in total. The predicted molar refractivity (Wildman–Crippen MR) is 70.2 cm³/mol. The van der Waals surface area contributed by atoms with Crippen molar-refractivity contribution in [1.82, 2.24) is 15.6 Å². The largest absolute Gasteiger partial charge is 0.353 e. The van der Waals surface area contributed by atoms with Crippen molar-refractivity contribution in [2.45, 2.75) is 25.3 Å². The fourth-order valence-corrected chi connectivity index (χ4v) is 1.57. The molecule has 0 aliphatic heterocycles. The van der Waals surface area contributed by atoms with E-state index in [-0.39, 0.29) is 18.2 Å². The van der Waals surface area contributed by atoms with Gasteiger partial charge in [0.15, 0.2) is 0 Å². The Hall–Kier alpha value is -2.15. The predicted octanol–water partition coefficient (Wildman–Crippen LogP) is -0.234. The maximum Gasteiger partial charge on any atom is 0.251 e. The van der Waals surface area contributed by atoms with Crippen LogP contribution in [0.5, 0.6) is 0 Å². The van der Waals surface area contributed by atoms with Crippen molar-refractivity contribution in [2.75, 3.05) is 12.0 Å². The van der Waals surface area contributed by atoms with Gasteiger partial charge in [0.1, 0.15) is 5.82 Å². The van der Waals surface area contributed by atoms with Gasteiger partial charge >= 0.3 is 0 Å². The Bertz CT molecular complexity index is 473. The summed E-state index contributed by atoms with van der Waals surface area (Å²) in [6.45, 7) is 0.311. The smallest absolute Gasteiger partial charge is 0.251 e. The number of pyridine rings is 1. The maximum atomic E-state index is 11.8. The second kappa shape index (κ2) is 6.14. The summed E-state index contributed by atoms with van der Waals surface area (Å²) in [5, 5.41) is 5.54. The van der Waals surface area contributed by atoms with E-state index in [1.54, 1.807) is 12.1 Å². The van der Waals surface area contributed by atoms with Crippen LogP contribution in [0.25, 0.3) is 0 Å². The van der Waals surface area contributed by atoms with Crippen LogP contribution < -0.4 is 21.9 Å². The van der Waals surface area contributed by atoms with Crippen LogP contribution in [0.2, 0.25) is 0 Å². The van der Waals surface area contributed by atoms with Crippen molar-refractivity contribution < 1.29 is 9.59 Å². The number of carbonyl (C=O) groups excluding carboxylic acids is 2. The molecular formula is C12H17N5O2. The van der Waals surface area contributed by atoms with Gasteiger partial charge in [-0.1, -0.05) is 0 Å². The Labute approximate surface area is 110 Å². The summed E-state index contributed by atoms with van der Waals surface area (Å²) >= 11 is 0. The average molecular weight is 263 g/mol. The molecule has 0 unspecified atom stereocenters. The van der Waals surface area contributed by atoms with Crippen LogP contribution in [0.4, 0.5) is 5.82 Å². The number of nitrogen functional groups attached to an aromatic ring is 1. The van der Waals surface area contributed by atoms with Crippen molar-refractivity contribution in [3.8, 4) is 0 Å². The summed E-state index contributed by atoms with van der Waals surface area (Å²) in [5.74, 6) is 5.35. The fourth-order valence-electron chi connectivity index (χ4n) is 1.57. The number of nitrogens with zero attached hydrogens (tertiary/aromatic N) is 1. The Balaban J connectivity index is 1.75. The van der Waals surface area contributed by atoms with Gasteiger partial charge in [0.25, 0.3) is 5.91 Å². The highest BCUT2D eigenvalue weighted by atomic mass is 16.2. The van der Waals surface area contributed by atoms with Gasteiger partial charge in [-0.3, -0.25) is 9.59 Å². The van der Waals surface area contributed by atoms with Gasteiger partial charge in [-0.15, -0.1) is 0 Å². The third kappa shape index (κ3) is 4.22. The highest BCUT2D eigenvalue weighted by Gasteiger charge is 2.22. The molecule has 0 aromatic carbocycles. The van der Waals surface area contributed by atoms with Crippen molar-refractivity contribution in [2.24, 2.45) is 5.84 Å². The highest BCUT2D eigenvalue weighted by Crippen LogP contribution is 2.18. The Morgan fingerprint density at radius 1 is 1.42 bits per heavy atom. The molecule has 1 aliphatic rings. The normalized spacial score (nSPS) is 13.7. The van der Waals surface area contributed by atoms with E-state index in [9.17, 15) is 9.59 Å². The molecule has 2 rings (SSSR count). The summed E-state index contributed by atoms with van der Waals surface area (Å²) in [6.07, 6.45) is 3.90. The van der Waals surface area contributed by atoms with Crippen molar-refractivity contribution in [3.05, 3.63) is 23.9 Å². The third-order valence-corrected chi connectivity index (χ3v) is 2.75. The first-order valence-corrected chi connectivity index (χ1v) is 6.19. The number of nitrogens with two attached hydrogens (primary N) is 1. The zero-order valence-electron chi connectivity index (χ0n) is 10.5. The van der Waals surface area contributed by atoms with E-state index in [1.807, 2.05) is 0 Å². The number of hydrogen-bond acceptors (Lipinski definition) is 5. The van der Waals surface area contributed by atoms with Gasteiger partial charge in [-0.05, 0) is 25.0 Å². The molecule has 1 aromatic rings. The first-order chi connectivity index (χ1) is 9.19. The van der Waals surface area contributed by atoms with Crippen LogP contribution in [0.15, 0.2) is 18.3 Å². The number of aromatic nitrogens is 1. The van der Waals surface area contributed by atoms with E-state index in [0.29, 0.717) is 24.0 Å². The molecule has 0 radical (unpaired) electrons. The lowest BCUT2D eigenvalue weighted by Crippen LogP contribution is -2.31. The molecule has 19 heavy (non-hydrogen) atoms. The quantitative estimate of drug-likeness (QED) is 0.418. The number of rotatable bonds is 6. The van der Waals surface area contributed by atoms with Crippen LogP contribution in [0.3, 0.4) is 0 Å². The van der Waals surface area contributed by atoms with Crippen LogP contribution in [-0.2, 0) is 4.79 Å². The van der Waals surface area contributed by atoms with Gasteiger partial charge in [-0.25, -0.2) is 10.8 Å². The number of hydrogen-bond donors (Lipinski definition) is 4. The molecule has 2 amide bonds. The maximum absolute atomic E-state index is 11.8. The van der Waals surface area contributed by atoms with Crippen molar-refractivity contribution >= 4 is 17.6 Å². The zero-order chi connectivity index (χ0) is 13.7. The van der Waals surface area contributed by atoms with Crippen LogP contribution in [0.1, 0.15) is 29.6 Å². The van der Waals surface area contributed by atoms with Crippen molar-refractivity contribution in [1.29, 1.82) is 0 Å². The molecule has 1 heterocycles. The lowest BCUT2D eigenvalue weighted by molar-refractivity contribution is -0.121. The summed E-state index contributed by atoms with van der Waals surface area (Å²) < 4.78 is 0. The first-order valence-electron chi connectivity index (χ1n) is 6.19. The second-order valence-corrected chi connectivity index (χ2v) is 4.42. The topological polar surface area (TPSA) is 109 Å². The van der Waals surface area contributed by atoms with Crippen LogP contribution in [0, 0.1) is 0 Å². The molecule has 1 fully saturated rings. The summed E-state index contributed by atoms with van der Waals surface area (Å²) in [4.78, 5) is 27.1. The van der Waals surface area contributed by atoms with E-state index in [2.05, 4.69) is 21.0 Å². The standard InChI is InChI=1S/C12H17N5O2/c13-17-10-7-8(3-5-14-10)12(19)15-6-4-11(18)16-9-1-2-9/h3,5,7,9H,1-2,4,6,13H2,(H,14,17)(H,15,19)(H,16,18). The van der Waals surface area contributed by atoms with Gasteiger partial charge in [0.05, 0.1) is 0 Å². The van der Waals surface area contributed by atoms with E-state index in [0.717, 1.165) is 12.8 Å². The van der Waals surface area contributed by atoms with Gasteiger partial charge in [0.2, 0.25) is 5.91 Å². The Morgan fingerprint density at radius 3 is 2.89 bits per heavy atom. The van der Waals surface area contributed by atoms with Gasteiger partial charge in [0, 0.05) is 30.8 Å². The van der Waals surface area contributed by atoms with Gasteiger partial charge in [-0.2, -0.15) is 0 Å². The number of hydrazine groups is 1. The average Bonchev–Trinajstić information content (AvgIpc) is 3.22. The van der Waals surface area contributed by atoms with E-state index in [4.69, 9.17) is 5.84 Å². The number of anilines is 1. The van der Waals surface area contributed by atoms with E-state index in [1.165, 1.54) is 6.20 Å². The number of carbonyl (C=O) groups is 2. The Kier molecular flexibility index (Phi) is 4.30. The number of amides is 2. The molecule has 0 saturated heterocycles. The summed E-state index contributed by atoms with van der Waals surface area (Å²) in [5.41, 5.74) is 2.82. The van der Waals surface area contributed by atoms with E-state index >= 15 is 0 Å². The minimum Gasteiger partial charge on any atom is -0.353 e. The lowest BCUT2D eigenvalue weighted by atomic mass is 10.2. The zero-order valence-corrected chi connectivity index (χ0v) is 10.5. The number of nitrogens with one attached hydrogen (secondary N) is 3. The lowest BCUT2D eigenvalue weighted by Gasteiger charge is -2.06. The molecule has 0 atom stereocenters. The Morgan fingerprint density at radius 2 is 2.21 bits per heavy atom. The molecular weight excluding hydrogens is 246 g/mol. The van der Waals surface area contributed by atoms with Crippen LogP contribution in [-0.4, -0.2) is 29.4 Å². The SMILES string of the molecule is NNc1cc(C(=O)NCCC(=O)NC2CC2)ccn1. The summed E-state index contributed by atoms with van der Waals surface area (Å²) in [7, 11) is 0. The molecule has 1 aromatic heterocycles. The van der Waals surface area contributed by atoms with Crippen LogP contribution >= 0.6 is 0 Å². The highest BCUT2D eigenvalue weighted by molar-refractivity contribution is 5.95. The van der Waals surface area contributed by atoms with E-state index < -0.39 is 0 Å². The molecule has 7 heteroatoms. The van der Waals surface area contributed by atoms with Crippen molar-refractivity contribution in [3.63, 3.8) is 0 Å². The first kappa shape index (κ1) is 13.3. The molecule has 7 nitrogen and oxygen atoms in total. The van der Waals surface area contributed by atoms with Gasteiger partial charge < -0.3 is 16.1 Å². The second-order valence-electron chi connectivity index (χ2n) is 4.42. The monoisotopic (exact) mass is 263 g/mol. The molecule has 0 spiro atoms. The molecule has 1 saturated carbocycles. The minimum atomic E-state index is -0.252. The fraction of sp³-hybridized carbons (Fsp3) is 0.417. The third-order valence-electron chi connectivity index (χ3n) is 2.75.